The van der Waals surface area contributed by atoms with Crippen molar-refractivity contribution in [3.05, 3.63) is 47.8 Å². The summed E-state index contributed by atoms with van der Waals surface area (Å²) in [7, 11) is 1.89. The molecule has 0 saturated carbocycles. The SMILES string of the molecule is CC(C)CNCc1ccccc1COc1cnn(C)c1. The van der Waals surface area contributed by atoms with E-state index in [0.717, 1.165) is 18.8 Å². The summed E-state index contributed by atoms with van der Waals surface area (Å²) in [5.41, 5.74) is 2.50. The Kier molecular flexibility index (Phi) is 5.18. The fraction of sp³-hybridized carbons (Fsp3) is 0.438. The minimum atomic E-state index is 0.575. The van der Waals surface area contributed by atoms with Crippen LogP contribution in [0, 0.1) is 5.92 Å². The van der Waals surface area contributed by atoms with E-state index in [4.69, 9.17) is 4.74 Å². The van der Waals surface area contributed by atoms with Crippen molar-refractivity contribution in [2.75, 3.05) is 6.54 Å². The van der Waals surface area contributed by atoms with Crippen molar-refractivity contribution in [2.24, 2.45) is 13.0 Å². The lowest BCUT2D eigenvalue weighted by molar-refractivity contribution is 0.304. The van der Waals surface area contributed by atoms with Gasteiger partial charge in [0.1, 0.15) is 6.61 Å². The van der Waals surface area contributed by atoms with E-state index in [0.29, 0.717) is 12.5 Å². The van der Waals surface area contributed by atoms with E-state index in [2.05, 4.69) is 42.5 Å². The molecule has 0 fully saturated rings. The highest BCUT2D eigenvalue weighted by molar-refractivity contribution is 5.27. The molecule has 0 radical (unpaired) electrons. The Hall–Kier alpha value is -1.81. The number of aryl methyl sites for hydroxylation is 1. The Morgan fingerprint density at radius 2 is 2.00 bits per heavy atom. The van der Waals surface area contributed by atoms with Gasteiger partial charge in [0.2, 0.25) is 0 Å². The quantitative estimate of drug-likeness (QED) is 0.843. The van der Waals surface area contributed by atoms with Gasteiger partial charge in [-0.1, -0.05) is 38.1 Å². The lowest BCUT2D eigenvalue weighted by Gasteiger charge is -2.12. The summed E-state index contributed by atoms with van der Waals surface area (Å²) in [6.07, 6.45) is 3.61. The van der Waals surface area contributed by atoms with Crippen LogP contribution in [0.5, 0.6) is 5.75 Å². The summed E-state index contributed by atoms with van der Waals surface area (Å²) in [6.45, 7) is 6.91. The molecule has 1 aromatic heterocycles. The van der Waals surface area contributed by atoms with Crippen molar-refractivity contribution < 1.29 is 4.74 Å². The molecule has 20 heavy (non-hydrogen) atoms. The van der Waals surface area contributed by atoms with Gasteiger partial charge in [-0.05, 0) is 23.6 Å². The van der Waals surface area contributed by atoms with Gasteiger partial charge in [0.25, 0.3) is 0 Å². The van der Waals surface area contributed by atoms with Crippen LogP contribution in [0.3, 0.4) is 0 Å². The summed E-state index contributed by atoms with van der Waals surface area (Å²) in [6, 6.07) is 8.38. The predicted molar refractivity (Wildman–Crippen MR) is 80.5 cm³/mol. The zero-order valence-electron chi connectivity index (χ0n) is 12.5. The maximum absolute atomic E-state index is 5.77. The molecule has 108 valence electrons. The molecule has 0 unspecified atom stereocenters. The summed E-state index contributed by atoms with van der Waals surface area (Å²) < 4.78 is 7.51. The number of nitrogens with one attached hydrogen (secondary N) is 1. The third kappa shape index (κ3) is 4.38. The van der Waals surface area contributed by atoms with Crippen molar-refractivity contribution in [3.63, 3.8) is 0 Å². The van der Waals surface area contributed by atoms with Crippen LogP contribution < -0.4 is 10.1 Å². The summed E-state index contributed by atoms with van der Waals surface area (Å²) in [5.74, 6) is 1.46. The highest BCUT2D eigenvalue weighted by atomic mass is 16.5. The molecule has 1 aromatic carbocycles. The van der Waals surface area contributed by atoms with Gasteiger partial charge in [0.15, 0.2) is 5.75 Å². The molecule has 2 rings (SSSR count). The Labute approximate surface area is 120 Å². The van der Waals surface area contributed by atoms with E-state index in [-0.39, 0.29) is 0 Å². The first-order chi connectivity index (χ1) is 9.65. The number of hydrogen-bond donors (Lipinski definition) is 1. The van der Waals surface area contributed by atoms with Crippen LogP contribution in [0.15, 0.2) is 36.7 Å². The van der Waals surface area contributed by atoms with Gasteiger partial charge in [0.05, 0.1) is 12.4 Å². The summed E-state index contributed by atoms with van der Waals surface area (Å²) in [5, 5.41) is 7.57. The van der Waals surface area contributed by atoms with Gasteiger partial charge in [-0.25, -0.2) is 0 Å². The number of benzene rings is 1. The van der Waals surface area contributed by atoms with Gasteiger partial charge in [-0.15, -0.1) is 0 Å². The van der Waals surface area contributed by atoms with E-state index in [1.165, 1.54) is 11.1 Å². The van der Waals surface area contributed by atoms with E-state index < -0.39 is 0 Å². The highest BCUT2D eigenvalue weighted by Gasteiger charge is 2.04. The van der Waals surface area contributed by atoms with Crippen LogP contribution >= 0.6 is 0 Å². The Balaban J connectivity index is 1.93. The second kappa shape index (κ2) is 7.10. The molecule has 0 aliphatic carbocycles. The van der Waals surface area contributed by atoms with Gasteiger partial charge in [0, 0.05) is 13.6 Å². The number of aromatic nitrogens is 2. The average molecular weight is 273 g/mol. The molecule has 0 aliphatic heterocycles. The first-order valence-electron chi connectivity index (χ1n) is 7.04. The fourth-order valence-corrected chi connectivity index (χ4v) is 2.00. The average Bonchev–Trinajstić information content (AvgIpc) is 2.83. The van der Waals surface area contributed by atoms with E-state index in [9.17, 15) is 0 Å². The fourth-order valence-electron chi connectivity index (χ4n) is 2.00. The van der Waals surface area contributed by atoms with Crippen LogP contribution in [0.1, 0.15) is 25.0 Å². The second-order valence-corrected chi connectivity index (χ2v) is 5.43. The normalized spacial score (nSPS) is 11.0. The molecule has 4 heteroatoms. The molecule has 0 spiro atoms. The van der Waals surface area contributed by atoms with Crippen LogP contribution in [-0.4, -0.2) is 16.3 Å². The smallest absolute Gasteiger partial charge is 0.157 e. The molecular formula is C16H23N3O. The van der Waals surface area contributed by atoms with Crippen molar-refractivity contribution in [1.29, 1.82) is 0 Å². The maximum Gasteiger partial charge on any atom is 0.157 e. The predicted octanol–water partition coefficient (Wildman–Crippen LogP) is 2.74. The summed E-state index contributed by atoms with van der Waals surface area (Å²) in [4.78, 5) is 0. The molecule has 0 atom stereocenters. The minimum absolute atomic E-state index is 0.575. The van der Waals surface area contributed by atoms with Crippen LogP contribution in [0.4, 0.5) is 0 Å². The molecule has 2 aromatic rings. The van der Waals surface area contributed by atoms with Crippen LogP contribution in [0.2, 0.25) is 0 Å². The second-order valence-electron chi connectivity index (χ2n) is 5.43. The molecular weight excluding hydrogens is 250 g/mol. The van der Waals surface area contributed by atoms with Crippen molar-refractivity contribution in [2.45, 2.75) is 27.0 Å². The molecule has 1 heterocycles. The third-order valence-corrected chi connectivity index (χ3v) is 3.06. The van der Waals surface area contributed by atoms with E-state index in [1.54, 1.807) is 10.9 Å². The van der Waals surface area contributed by atoms with Crippen molar-refractivity contribution in [3.8, 4) is 5.75 Å². The van der Waals surface area contributed by atoms with Crippen LogP contribution in [-0.2, 0) is 20.2 Å². The van der Waals surface area contributed by atoms with Crippen LogP contribution in [0.25, 0.3) is 0 Å². The topological polar surface area (TPSA) is 39.1 Å². The largest absolute Gasteiger partial charge is 0.486 e. The minimum Gasteiger partial charge on any atom is -0.486 e. The lowest BCUT2D eigenvalue weighted by atomic mass is 10.1. The molecule has 0 bridgehead atoms. The highest BCUT2D eigenvalue weighted by Crippen LogP contribution is 2.14. The van der Waals surface area contributed by atoms with E-state index in [1.807, 2.05) is 19.3 Å². The molecule has 0 aliphatic rings. The summed E-state index contributed by atoms with van der Waals surface area (Å²) >= 11 is 0. The number of ether oxygens (including phenoxy) is 1. The molecule has 0 saturated heterocycles. The standard InChI is InChI=1S/C16H23N3O/c1-13(2)8-17-9-14-6-4-5-7-15(14)12-20-16-10-18-19(3)11-16/h4-7,10-11,13,17H,8-9,12H2,1-3H3. The first kappa shape index (κ1) is 14.6. The van der Waals surface area contributed by atoms with Gasteiger partial charge in [-0.3, -0.25) is 4.68 Å². The third-order valence-electron chi connectivity index (χ3n) is 3.06. The van der Waals surface area contributed by atoms with Crippen molar-refractivity contribution in [1.82, 2.24) is 15.1 Å². The maximum atomic E-state index is 5.77. The first-order valence-corrected chi connectivity index (χ1v) is 7.04. The van der Waals surface area contributed by atoms with Gasteiger partial charge < -0.3 is 10.1 Å². The van der Waals surface area contributed by atoms with Gasteiger partial charge in [-0.2, -0.15) is 5.10 Å². The monoisotopic (exact) mass is 273 g/mol. The zero-order valence-corrected chi connectivity index (χ0v) is 12.5. The Morgan fingerprint density at radius 1 is 1.25 bits per heavy atom. The zero-order chi connectivity index (χ0) is 14.4. The Morgan fingerprint density at radius 3 is 2.65 bits per heavy atom. The number of hydrogen-bond acceptors (Lipinski definition) is 3. The molecule has 1 N–H and O–H groups in total. The van der Waals surface area contributed by atoms with Crippen molar-refractivity contribution >= 4 is 0 Å². The molecule has 4 nitrogen and oxygen atoms in total. The lowest BCUT2D eigenvalue weighted by Crippen LogP contribution is -2.20. The van der Waals surface area contributed by atoms with Gasteiger partial charge >= 0.3 is 0 Å². The van der Waals surface area contributed by atoms with E-state index >= 15 is 0 Å². The number of rotatable bonds is 7. The molecule has 0 amide bonds. The number of nitrogens with zero attached hydrogens (tertiary/aromatic N) is 2. The Bertz CT molecular complexity index is 534.